The van der Waals surface area contributed by atoms with Gasteiger partial charge in [-0.25, -0.2) is 0 Å². The average Bonchev–Trinajstić information content (AvgIpc) is 2.82. The van der Waals surface area contributed by atoms with E-state index in [1.165, 1.54) is 12.8 Å². The zero-order valence-electron chi connectivity index (χ0n) is 7.31. The fourth-order valence-electron chi connectivity index (χ4n) is 0.898. The van der Waals surface area contributed by atoms with Gasteiger partial charge in [0.15, 0.2) is 0 Å². The summed E-state index contributed by atoms with van der Waals surface area (Å²) in [7, 11) is 0. The van der Waals surface area contributed by atoms with Gasteiger partial charge in [0.05, 0.1) is 0 Å². The van der Waals surface area contributed by atoms with Crippen LogP contribution in [0.4, 0.5) is 0 Å². The topological polar surface area (TPSA) is 41.1 Å². The van der Waals surface area contributed by atoms with Gasteiger partial charge in [0.2, 0.25) is 0 Å². The van der Waals surface area contributed by atoms with Crippen molar-refractivity contribution in [1.82, 2.24) is 10.6 Å². The van der Waals surface area contributed by atoms with Crippen molar-refractivity contribution in [1.29, 1.82) is 0 Å². The van der Waals surface area contributed by atoms with E-state index in [1.807, 2.05) is 0 Å². The zero-order chi connectivity index (χ0) is 8.81. The molecule has 1 rings (SSSR count). The highest BCUT2D eigenvalue weighted by molar-refractivity contribution is 5.93. The van der Waals surface area contributed by atoms with Crippen molar-refractivity contribution in [3.63, 3.8) is 0 Å². The van der Waals surface area contributed by atoms with E-state index in [1.54, 1.807) is 6.92 Å². The second-order valence-corrected chi connectivity index (χ2v) is 2.86. The highest BCUT2D eigenvalue weighted by atomic mass is 16.1. The lowest BCUT2D eigenvalue weighted by atomic mass is 10.5. The van der Waals surface area contributed by atoms with Crippen LogP contribution in [0.1, 0.15) is 19.8 Å². The van der Waals surface area contributed by atoms with Gasteiger partial charge in [-0.05, 0) is 25.7 Å². The molecule has 0 radical (unpaired) electrons. The largest absolute Gasteiger partial charge is 0.344 e. The molecule has 0 spiro atoms. The van der Waals surface area contributed by atoms with E-state index in [9.17, 15) is 4.79 Å². The number of amides is 1. The third-order valence-corrected chi connectivity index (χ3v) is 1.66. The smallest absolute Gasteiger partial charge is 0.295 e. The molecule has 0 atom stereocenters. The lowest BCUT2D eigenvalue weighted by Crippen LogP contribution is -2.31. The standard InChI is InChI=1S/C9H14N2O/c1-2-3-9(12)11-7-6-10-8-4-5-8/h8,10H,4-7H2,1H3,(H,11,12). The first kappa shape index (κ1) is 9.08. The molecule has 66 valence electrons. The Morgan fingerprint density at radius 2 is 2.25 bits per heavy atom. The van der Waals surface area contributed by atoms with Crippen molar-refractivity contribution in [3.8, 4) is 11.8 Å². The molecule has 2 N–H and O–H groups in total. The highest BCUT2D eigenvalue weighted by Crippen LogP contribution is 2.17. The minimum atomic E-state index is -0.185. The Morgan fingerprint density at radius 1 is 1.50 bits per heavy atom. The van der Waals surface area contributed by atoms with Crippen molar-refractivity contribution in [3.05, 3.63) is 0 Å². The molecule has 1 amide bonds. The molecule has 3 nitrogen and oxygen atoms in total. The summed E-state index contributed by atoms with van der Waals surface area (Å²) in [5, 5.41) is 5.98. The molecule has 12 heavy (non-hydrogen) atoms. The monoisotopic (exact) mass is 166 g/mol. The predicted molar refractivity (Wildman–Crippen MR) is 47.5 cm³/mol. The zero-order valence-corrected chi connectivity index (χ0v) is 7.31. The second-order valence-electron chi connectivity index (χ2n) is 2.86. The third kappa shape index (κ3) is 3.99. The fourth-order valence-corrected chi connectivity index (χ4v) is 0.898. The Labute approximate surface area is 72.9 Å². The van der Waals surface area contributed by atoms with E-state index in [2.05, 4.69) is 22.5 Å². The lowest BCUT2D eigenvalue weighted by molar-refractivity contribution is -0.115. The second kappa shape index (κ2) is 4.78. The summed E-state index contributed by atoms with van der Waals surface area (Å²) in [4.78, 5) is 10.8. The fraction of sp³-hybridized carbons (Fsp3) is 0.667. The van der Waals surface area contributed by atoms with Crippen LogP contribution >= 0.6 is 0 Å². The molecular formula is C9H14N2O. The van der Waals surface area contributed by atoms with Crippen molar-refractivity contribution in [2.75, 3.05) is 13.1 Å². The molecule has 0 saturated heterocycles. The van der Waals surface area contributed by atoms with Gasteiger partial charge in [-0.2, -0.15) is 0 Å². The van der Waals surface area contributed by atoms with Gasteiger partial charge in [0, 0.05) is 19.1 Å². The molecule has 0 unspecified atom stereocenters. The maximum atomic E-state index is 10.8. The Bertz CT molecular complexity index is 210. The first-order valence-electron chi connectivity index (χ1n) is 4.27. The number of carbonyl (C=O) groups is 1. The number of nitrogens with one attached hydrogen (secondary N) is 2. The summed E-state index contributed by atoms with van der Waals surface area (Å²) in [5.41, 5.74) is 0. The molecule has 1 fully saturated rings. The van der Waals surface area contributed by atoms with Crippen molar-refractivity contribution < 1.29 is 4.79 Å². The maximum absolute atomic E-state index is 10.8. The van der Waals surface area contributed by atoms with E-state index in [4.69, 9.17) is 0 Å². The molecule has 0 aromatic carbocycles. The van der Waals surface area contributed by atoms with Gasteiger partial charge in [-0.15, -0.1) is 0 Å². The average molecular weight is 166 g/mol. The van der Waals surface area contributed by atoms with Crippen LogP contribution in [-0.2, 0) is 4.79 Å². The lowest BCUT2D eigenvalue weighted by Gasteiger charge is -2.01. The van der Waals surface area contributed by atoms with Crippen molar-refractivity contribution in [2.45, 2.75) is 25.8 Å². The SMILES string of the molecule is CC#CC(=O)NCCNC1CC1. The maximum Gasteiger partial charge on any atom is 0.295 e. The highest BCUT2D eigenvalue weighted by Gasteiger charge is 2.19. The van der Waals surface area contributed by atoms with Crippen LogP contribution in [0.2, 0.25) is 0 Å². The molecule has 1 aliphatic carbocycles. The van der Waals surface area contributed by atoms with Crippen LogP contribution in [0.3, 0.4) is 0 Å². The Kier molecular flexibility index (Phi) is 3.62. The normalized spacial score (nSPS) is 14.8. The van der Waals surface area contributed by atoms with Crippen LogP contribution in [0.25, 0.3) is 0 Å². The van der Waals surface area contributed by atoms with Crippen LogP contribution in [-0.4, -0.2) is 25.0 Å². The van der Waals surface area contributed by atoms with Gasteiger partial charge in [-0.1, -0.05) is 5.92 Å². The van der Waals surface area contributed by atoms with Gasteiger partial charge in [-0.3, -0.25) is 4.79 Å². The van der Waals surface area contributed by atoms with Gasteiger partial charge in [0.1, 0.15) is 0 Å². The molecule has 0 aromatic rings. The molecular weight excluding hydrogens is 152 g/mol. The first-order valence-corrected chi connectivity index (χ1v) is 4.27. The molecule has 1 saturated carbocycles. The van der Waals surface area contributed by atoms with Gasteiger partial charge >= 0.3 is 0 Å². The van der Waals surface area contributed by atoms with E-state index in [0.717, 1.165) is 6.54 Å². The minimum Gasteiger partial charge on any atom is -0.344 e. The molecule has 0 aliphatic heterocycles. The van der Waals surface area contributed by atoms with E-state index in [-0.39, 0.29) is 5.91 Å². The van der Waals surface area contributed by atoms with Crippen molar-refractivity contribution >= 4 is 5.91 Å². The Balaban J connectivity index is 1.92. The van der Waals surface area contributed by atoms with Gasteiger partial charge in [0.25, 0.3) is 5.91 Å². The van der Waals surface area contributed by atoms with E-state index in [0.29, 0.717) is 12.6 Å². The summed E-state index contributed by atoms with van der Waals surface area (Å²) in [6, 6.07) is 0.708. The Morgan fingerprint density at radius 3 is 2.83 bits per heavy atom. The van der Waals surface area contributed by atoms with E-state index < -0.39 is 0 Å². The van der Waals surface area contributed by atoms with Crippen LogP contribution in [0.5, 0.6) is 0 Å². The van der Waals surface area contributed by atoms with Crippen LogP contribution < -0.4 is 10.6 Å². The number of hydrogen-bond acceptors (Lipinski definition) is 2. The van der Waals surface area contributed by atoms with E-state index >= 15 is 0 Å². The van der Waals surface area contributed by atoms with Crippen LogP contribution in [0.15, 0.2) is 0 Å². The molecule has 1 aliphatic rings. The van der Waals surface area contributed by atoms with Crippen molar-refractivity contribution in [2.24, 2.45) is 0 Å². The summed E-state index contributed by atoms with van der Waals surface area (Å²) < 4.78 is 0. The summed E-state index contributed by atoms with van der Waals surface area (Å²) in [5.74, 6) is 4.78. The molecule has 0 bridgehead atoms. The first-order chi connectivity index (χ1) is 5.83. The Hall–Kier alpha value is -1.01. The molecule has 0 aromatic heterocycles. The third-order valence-electron chi connectivity index (χ3n) is 1.66. The van der Waals surface area contributed by atoms with Gasteiger partial charge < -0.3 is 10.6 Å². The number of carbonyl (C=O) groups excluding carboxylic acids is 1. The molecule has 3 heteroatoms. The minimum absolute atomic E-state index is 0.185. The van der Waals surface area contributed by atoms with Crippen LogP contribution in [0, 0.1) is 11.8 Å². The quantitative estimate of drug-likeness (QED) is 0.451. The number of rotatable bonds is 4. The summed E-state index contributed by atoms with van der Waals surface area (Å²) in [6.45, 7) is 3.17. The molecule has 0 heterocycles. The predicted octanol–water partition coefficient (Wildman–Crippen LogP) is -0.122. The number of hydrogen-bond donors (Lipinski definition) is 2. The summed E-state index contributed by atoms with van der Waals surface area (Å²) in [6.07, 6.45) is 2.56. The summed E-state index contributed by atoms with van der Waals surface area (Å²) >= 11 is 0.